The van der Waals surface area contributed by atoms with Gasteiger partial charge in [-0.1, -0.05) is 24.5 Å². The lowest BCUT2D eigenvalue weighted by Gasteiger charge is -2.56. The molecule has 25 heavy (non-hydrogen) atoms. The van der Waals surface area contributed by atoms with Crippen molar-refractivity contribution in [3.8, 4) is 0 Å². The SMILES string of the molecule is CCO[C@H]1C[C@H](N(C)C(=O)c2n[nH]c3ccc(C)cc23)C12CCCC2. The smallest absolute Gasteiger partial charge is 0.275 e. The molecule has 5 nitrogen and oxygen atoms in total. The van der Waals surface area contributed by atoms with E-state index in [0.29, 0.717) is 11.8 Å². The Kier molecular flexibility index (Phi) is 4.07. The number of aryl methyl sites for hydroxylation is 1. The summed E-state index contributed by atoms with van der Waals surface area (Å²) in [7, 11) is 1.94. The molecule has 0 bridgehead atoms. The molecule has 4 rings (SSSR count). The van der Waals surface area contributed by atoms with E-state index in [0.717, 1.165) is 29.5 Å². The van der Waals surface area contributed by atoms with Gasteiger partial charge in [0.05, 0.1) is 11.6 Å². The topological polar surface area (TPSA) is 58.2 Å². The molecule has 2 aromatic rings. The van der Waals surface area contributed by atoms with Crippen LogP contribution in [0.4, 0.5) is 0 Å². The molecule has 1 heterocycles. The van der Waals surface area contributed by atoms with Gasteiger partial charge in [-0.05, 0) is 45.2 Å². The lowest BCUT2D eigenvalue weighted by atomic mass is 9.60. The molecule has 1 amide bonds. The van der Waals surface area contributed by atoms with Crippen molar-refractivity contribution in [2.75, 3.05) is 13.7 Å². The highest BCUT2D eigenvalue weighted by Gasteiger charge is 2.59. The number of rotatable bonds is 4. The van der Waals surface area contributed by atoms with Gasteiger partial charge in [-0.3, -0.25) is 9.89 Å². The molecule has 2 atom stereocenters. The van der Waals surface area contributed by atoms with E-state index in [1.165, 1.54) is 25.7 Å². The fraction of sp³-hybridized carbons (Fsp3) is 0.600. The van der Waals surface area contributed by atoms with Gasteiger partial charge in [0.15, 0.2) is 5.69 Å². The first-order valence-corrected chi connectivity index (χ1v) is 9.40. The summed E-state index contributed by atoms with van der Waals surface area (Å²) in [4.78, 5) is 15.1. The molecular formula is C20H27N3O2. The molecule has 2 aliphatic rings. The molecule has 1 N–H and O–H groups in total. The molecule has 1 spiro atoms. The van der Waals surface area contributed by atoms with Crippen molar-refractivity contribution in [2.45, 2.75) is 58.1 Å². The van der Waals surface area contributed by atoms with Gasteiger partial charge >= 0.3 is 0 Å². The molecule has 0 saturated heterocycles. The Morgan fingerprint density at radius 2 is 2.16 bits per heavy atom. The minimum Gasteiger partial charge on any atom is -0.378 e. The summed E-state index contributed by atoms with van der Waals surface area (Å²) in [5, 5.41) is 8.23. The molecule has 0 radical (unpaired) electrons. The van der Waals surface area contributed by atoms with Crippen LogP contribution in [-0.2, 0) is 4.74 Å². The third-order valence-corrected chi connectivity index (χ3v) is 6.35. The summed E-state index contributed by atoms with van der Waals surface area (Å²) in [6, 6.07) is 6.32. The number of aromatic nitrogens is 2. The first-order chi connectivity index (χ1) is 12.1. The summed E-state index contributed by atoms with van der Waals surface area (Å²) < 4.78 is 5.99. The minimum atomic E-state index is 0.0167. The van der Waals surface area contributed by atoms with Gasteiger partial charge in [-0.15, -0.1) is 0 Å². The van der Waals surface area contributed by atoms with E-state index in [2.05, 4.69) is 17.1 Å². The lowest BCUT2D eigenvalue weighted by Crippen LogP contribution is -2.64. The van der Waals surface area contributed by atoms with Crippen LogP contribution < -0.4 is 0 Å². The average Bonchev–Trinajstić information content (AvgIpc) is 3.25. The van der Waals surface area contributed by atoms with Crippen LogP contribution in [0.1, 0.15) is 55.1 Å². The summed E-state index contributed by atoms with van der Waals surface area (Å²) in [5.74, 6) is 0.0167. The van der Waals surface area contributed by atoms with E-state index in [1.807, 2.05) is 37.1 Å². The van der Waals surface area contributed by atoms with Crippen molar-refractivity contribution in [3.05, 3.63) is 29.5 Å². The van der Waals surface area contributed by atoms with Gasteiger partial charge in [-0.25, -0.2) is 0 Å². The Balaban J connectivity index is 1.61. The molecular weight excluding hydrogens is 314 g/mol. The van der Waals surface area contributed by atoms with Crippen molar-refractivity contribution < 1.29 is 9.53 Å². The van der Waals surface area contributed by atoms with Crippen LogP contribution in [0.15, 0.2) is 18.2 Å². The normalized spacial score (nSPS) is 24.6. The molecule has 0 aliphatic heterocycles. The summed E-state index contributed by atoms with van der Waals surface area (Å²) in [5.41, 5.74) is 2.74. The lowest BCUT2D eigenvalue weighted by molar-refractivity contribution is -0.152. The van der Waals surface area contributed by atoms with E-state index in [-0.39, 0.29) is 17.4 Å². The van der Waals surface area contributed by atoms with Gasteiger partial charge in [0.25, 0.3) is 5.91 Å². The van der Waals surface area contributed by atoms with E-state index in [4.69, 9.17) is 4.74 Å². The number of nitrogens with one attached hydrogen (secondary N) is 1. The Morgan fingerprint density at radius 3 is 2.88 bits per heavy atom. The number of benzene rings is 1. The van der Waals surface area contributed by atoms with E-state index in [9.17, 15) is 4.79 Å². The van der Waals surface area contributed by atoms with Gasteiger partial charge < -0.3 is 9.64 Å². The molecule has 134 valence electrons. The molecule has 5 heteroatoms. The van der Waals surface area contributed by atoms with Gasteiger partial charge in [-0.2, -0.15) is 5.10 Å². The largest absolute Gasteiger partial charge is 0.378 e. The highest BCUT2D eigenvalue weighted by Crippen LogP contribution is 2.56. The van der Waals surface area contributed by atoms with Crippen molar-refractivity contribution in [2.24, 2.45) is 5.41 Å². The van der Waals surface area contributed by atoms with E-state index in [1.54, 1.807) is 0 Å². The van der Waals surface area contributed by atoms with Crippen LogP contribution >= 0.6 is 0 Å². The van der Waals surface area contributed by atoms with Gasteiger partial charge in [0.2, 0.25) is 0 Å². The number of hydrogen-bond acceptors (Lipinski definition) is 3. The third-order valence-electron chi connectivity index (χ3n) is 6.35. The Labute approximate surface area is 148 Å². The quantitative estimate of drug-likeness (QED) is 0.923. The van der Waals surface area contributed by atoms with Crippen LogP contribution in [0.2, 0.25) is 0 Å². The second kappa shape index (κ2) is 6.13. The number of ether oxygens (including phenoxy) is 1. The first-order valence-electron chi connectivity index (χ1n) is 9.40. The van der Waals surface area contributed by atoms with Crippen molar-refractivity contribution in [1.29, 1.82) is 0 Å². The van der Waals surface area contributed by atoms with Crippen molar-refractivity contribution in [1.82, 2.24) is 15.1 Å². The second-order valence-electron chi connectivity index (χ2n) is 7.67. The molecule has 2 aliphatic carbocycles. The Morgan fingerprint density at radius 1 is 1.40 bits per heavy atom. The van der Waals surface area contributed by atoms with Crippen LogP contribution in [-0.4, -0.2) is 46.8 Å². The zero-order valence-corrected chi connectivity index (χ0v) is 15.3. The summed E-state index contributed by atoms with van der Waals surface area (Å²) >= 11 is 0. The van der Waals surface area contributed by atoms with Gasteiger partial charge in [0.1, 0.15) is 0 Å². The van der Waals surface area contributed by atoms with Crippen LogP contribution in [0.3, 0.4) is 0 Å². The number of H-pyrrole nitrogens is 1. The third kappa shape index (κ3) is 2.48. The number of aromatic amines is 1. The van der Waals surface area contributed by atoms with Crippen LogP contribution in [0.25, 0.3) is 10.9 Å². The predicted octanol–water partition coefficient (Wildman–Crippen LogP) is 3.68. The molecule has 1 aromatic carbocycles. The minimum absolute atomic E-state index is 0.0167. The zero-order chi connectivity index (χ0) is 17.6. The average molecular weight is 341 g/mol. The van der Waals surface area contributed by atoms with Crippen LogP contribution in [0.5, 0.6) is 0 Å². The Bertz CT molecular complexity index is 791. The summed E-state index contributed by atoms with van der Waals surface area (Å²) in [6.07, 6.45) is 6.07. The maximum Gasteiger partial charge on any atom is 0.275 e. The number of fused-ring (bicyclic) bond motifs is 1. The Hall–Kier alpha value is -1.88. The highest BCUT2D eigenvalue weighted by molar-refractivity contribution is 6.04. The standard InChI is InChI=1S/C20H27N3O2/c1-4-25-17-12-16(20(17)9-5-6-10-20)23(3)19(24)18-14-11-13(2)7-8-15(14)21-22-18/h7-8,11,16-17H,4-6,9-10,12H2,1-3H3,(H,21,22)/t16-,17-/m0/s1. The van der Waals surface area contributed by atoms with E-state index >= 15 is 0 Å². The van der Waals surface area contributed by atoms with Crippen molar-refractivity contribution in [3.63, 3.8) is 0 Å². The first kappa shape index (κ1) is 16.6. The fourth-order valence-electron chi connectivity index (χ4n) is 4.99. The fourth-order valence-corrected chi connectivity index (χ4v) is 4.99. The maximum atomic E-state index is 13.2. The monoisotopic (exact) mass is 341 g/mol. The van der Waals surface area contributed by atoms with Crippen LogP contribution in [0, 0.1) is 12.3 Å². The highest BCUT2D eigenvalue weighted by atomic mass is 16.5. The molecule has 2 fully saturated rings. The summed E-state index contributed by atoms with van der Waals surface area (Å²) in [6.45, 7) is 4.85. The molecule has 2 saturated carbocycles. The predicted molar refractivity (Wildman–Crippen MR) is 97.6 cm³/mol. The molecule has 1 aromatic heterocycles. The zero-order valence-electron chi connectivity index (χ0n) is 15.3. The van der Waals surface area contributed by atoms with Gasteiger partial charge in [0, 0.05) is 30.5 Å². The maximum absolute atomic E-state index is 13.2. The number of carbonyl (C=O) groups is 1. The number of amides is 1. The van der Waals surface area contributed by atoms with E-state index < -0.39 is 0 Å². The second-order valence-corrected chi connectivity index (χ2v) is 7.67. The molecule has 0 unspecified atom stereocenters. The number of nitrogens with zero attached hydrogens (tertiary/aromatic N) is 2. The number of carbonyl (C=O) groups excluding carboxylic acids is 1. The number of hydrogen-bond donors (Lipinski definition) is 1. The van der Waals surface area contributed by atoms with Crippen molar-refractivity contribution >= 4 is 16.8 Å².